The van der Waals surface area contributed by atoms with E-state index in [1.165, 1.54) is 0 Å². The van der Waals surface area contributed by atoms with Crippen LogP contribution >= 0.6 is 0 Å². The first-order valence-corrected chi connectivity index (χ1v) is 14.2. The van der Waals surface area contributed by atoms with E-state index in [1.54, 1.807) is 6.07 Å². The lowest BCUT2D eigenvalue weighted by atomic mass is 9.86. The molecule has 12 nitrogen and oxygen atoms in total. The maximum Gasteiger partial charge on any atom is 0.323 e. The molecular formula is C29H44N8O4. The highest BCUT2D eigenvalue weighted by atomic mass is 16.6. The maximum absolute atomic E-state index is 13.7. The highest BCUT2D eigenvalue weighted by Gasteiger charge is 2.30. The SMILES string of the molecule is CC(C)(C)c1cc(NO)c(N2CCNCC2)c(NC(=O)Nc2cc(C(C)(C)C)cc([N+](=O)[O-])c2N2CCNCC2)c1. The van der Waals surface area contributed by atoms with Crippen molar-refractivity contribution in [3.8, 4) is 0 Å². The van der Waals surface area contributed by atoms with Crippen molar-refractivity contribution in [3.63, 3.8) is 0 Å². The molecule has 2 aliphatic heterocycles. The Labute approximate surface area is 242 Å². The number of hydrogen-bond acceptors (Lipinski definition) is 9. The van der Waals surface area contributed by atoms with Crippen LogP contribution in [-0.2, 0) is 10.8 Å². The standard InChI is InChI=1S/C29H44N8O4/c1-28(2,3)19-15-21(25(23(17-19)34-39)35-11-7-30-8-12-35)32-27(38)33-22-16-20(29(4,5)6)18-24(37(40)41)26(22)36-13-9-31-10-14-36/h15-18,30-31,34,39H,7-14H2,1-6H3,(H2,32,33,38). The number of anilines is 5. The van der Waals surface area contributed by atoms with E-state index in [9.17, 15) is 20.1 Å². The van der Waals surface area contributed by atoms with Crippen LogP contribution in [0.5, 0.6) is 0 Å². The molecule has 6 N–H and O–H groups in total. The van der Waals surface area contributed by atoms with E-state index in [1.807, 2.05) is 43.9 Å². The smallest absolute Gasteiger partial charge is 0.323 e. The largest absolute Gasteiger partial charge is 0.366 e. The van der Waals surface area contributed by atoms with Crippen molar-refractivity contribution in [2.75, 3.05) is 78.3 Å². The summed E-state index contributed by atoms with van der Waals surface area (Å²) < 4.78 is 0. The van der Waals surface area contributed by atoms with Gasteiger partial charge in [-0.05, 0) is 40.2 Å². The number of amides is 2. The van der Waals surface area contributed by atoms with Gasteiger partial charge in [0.15, 0.2) is 0 Å². The summed E-state index contributed by atoms with van der Waals surface area (Å²) in [5.41, 5.74) is 5.89. The minimum atomic E-state index is -0.520. The quantitative estimate of drug-likeness (QED) is 0.220. The zero-order valence-corrected chi connectivity index (χ0v) is 25.0. The minimum absolute atomic E-state index is 0.0300. The van der Waals surface area contributed by atoms with E-state index in [2.05, 4.69) is 52.4 Å². The number of rotatable bonds is 6. The number of nitro groups is 1. The van der Waals surface area contributed by atoms with Crippen LogP contribution in [0.15, 0.2) is 24.3 Å². The highest BCUT2D eigenvalue weighted by Crippen LogP contribution is 2.42. The van der Waals surface area contributed by atoms with Crippen molar-refractivity contribution < 1.29 is 14.9 Å². The summed E-state index contributed by atoms with van der Waals surface area (Å²) in [6.07, 6.45) is 0. The van der Waals surface area contributed by atoms with Gasteiger partial charge in [-0.1, -0.05) is 41.5 Å². The van der Waals surface area contributed by atoms with Gasteiger partial charge in [-0.25, -0.2) is 4.79 Å². The van der Waals surface area contributed by atoms with Crippen LogP contribution in [0.4, 0.5) is 38.9 Å². The molecule has 4 rings (SSSR count). The summed E-state index contributed by atoms with van der Waals surface area (Å²) in [5.74, 6) is 0. The van der Waals surface area contributed by atoms with E-state index < -0.39 is 6.03 Å². The number of nitrogens with zero attached hydrogens (tertiary/aromatic N) is 3. The molecule has 2 fully saturated rings. The maximum atomic E-state index is 13.7. The van der Waals surface area contributed by atoms with Crippen molar-refractivity contribution in [3.05, 3.63) is 45.5 Å². The topological polar surface area (TPSA) is 147 Å². The monoisotopic (exact) mass is 568 g/mol. The Balaban J connectivity index is 1.78. The fraction of sp³-hybridized carbons (Fsp3) is 0.552. The zero-order chi connectivity index (χ0) is 29.9. The van der Waals surface area contributed by atoms with Crippen molar-refractivity contribution in [1.29, 1.82) is 0 Å². The second kappa shape index (κ2) is 12.1. The molecule has 12 heteroatoms. The lowest BCUT2D eigenvalue weighted by Crippen LogP contribution is -2.44. The predicted molar refractivity (Wildman–Crippen MR) is 165 cm³/mol. The molecule has 0 bridgehead atoms. The van der Waals surface area contributed by atoms with Gasteiger partial charge < -0.3 is 31.1 Å². The van der Waals surface area contributed by atoms with Crippen molar-refractivity contribution in [1.82, 2.24) is 10.6 Å². The normalized spacial score (nSPS) is 16.4. The Morgan fingerprint density at radius 3 is 1.63 bits per heavy atom. The summed E-state index contributed by atoms with van der Waals surface area (Å²) >= 11 is 0. The van der Waals surface area contributed by atoms with Gasteiger partial charge in [0.05, 0.1) is 27.7 Å². The third kappa shape index (κ3) is 7.00. The number of nitro benzene ring substituents is 1. The molecule has 0 radical (unpaired) electrons. The Bertz CT molecular complexity index is 1270. The van der Waals surface area contributed by atoms with E-state index in [4.69, 9.17) is 0 Å². The second-order valence-electron chi connectivity index (χ2n) is 12.7. The van der Waals surface area contributed by atoms with Gasteiger partial charge >= 0.3 is 6.03 Å². The Morgan fingerprint density at radius 2 is 1.20 bits per heavy atom. The molecule has 0 aromatic heterocycles. The summed E-state index contributed by atoms with van der Waals surface area (Å²) in [4.78, 5) is 29.7. The van der Waals surface area contributed by atoms with Crippen LogP contribution in [0.2, 0.25) is 0 Å². The highest BCUT2D eigenvalue weighted by molar-refractivity contribution is 6.06. The van der Waals surface area contributed by atoms with Crippen molar-refractivity contribution >= 4 is 40.2 Å². The van der Waals surface area contributed by atoms with Crippen LogP contribution in [0.1, 0.15) is 52.7 Å². The van der Waals surface area contributed by atoms with Crippen molar-refractivity contribution in [2.24, 2.45) is 0 Å². The Morgan fingerprint density at radius 1 is 0.780 bits per heavy atom. The Hall–Kier alpha value is -3.61. The fourth-order valence-corrected chi connectivity index (χ4v) is 5.26. The van der Waals surface area contributed by atoms with Crippen LogP contribution in [0, 0.1) is 10.1 Å². The van der Waals surface area contributed by atoms with Crippen molar-refractivity contribution in [2.45, 2.75) is 52.4 Å². The second-order valence-corrected chi connectivity index (χ2v) is 12.7. The van der Waals surface area contributed by atoms with Gasteiger partial charge in [0.2, 0.25) is 0 Å². The molecule has 2 heterocycles. The van der Waals surface area contributed by atoms with Gasteiger partial charge in [0, 0.05) is 58.4 Å². The molecule has 2 aliphatic rings. The number of benzene rings is 2. The van der Waals surface area contributed by atoms with Gasteiger partial charge in [-0.3, -0.25) is 20.8 Å². The van der Waals surface area contributed by atoms with Crippen LogP contribution in [0.25, 0.3) is 0 Å². The van der Waals surface area contributed by atoms with E-state index in [0.717, 1.165) is 24.2 Å². The molecule has 0 saturated carbocycles. The summed E-state index contributed by atoms with van der Waals surface area (Å²) in [7, 11) is 0. The van der Waals surface area contributed by atoms with Gasteiger partial charge in [-0.15, -0.1) is 0 Å². The molecule has 2 amide bonds. The average Bonchev–Trinajstić information content (AvgIpc) is 2.92. The number of carbonyl (C=O) groups excluding carboxylic acids is 1. The zero-order valence-electron chi connectivity index (χ0n) is 25.0. The lowest BCUT2D eigenvalue weighted by molar-refractivity contribution is -0.384. The van der Waals surface area contributed by atoms with E-state index in [-0.39, 0.29) is 21.4 Å². The summed E-state index contributed by atoms with van der Waals surface area (Å²) in [5, 5.41) is 35.0. The summed E-state index contributed by atoms with van der Waals surface area (Å²) in [6.45, 7) is 17.6. The first-order valence-electron chi connectivity index (χ1n) is 14.2. The molecule has 0 aliphatic carbocycles. The number of carbonyl (C=O) groups is 1. The van der Waals surface area contributed by atoms with Gasteiger partial charge in [0.25, 0.3) is 5.69 Å². The molecule has 0 atom stereocenters. The molecular weight excluding hydrogens is 524 g/mol. The van der Waals surface area contributed by atoms with E-state index >= 15 is 0 Å². The third-order valence-corrected chi connectivity index (χ3v) is 7.61. The lowest BCUT2D eigenvalue weighted by Gasteiger charge is -2.34. The molecule has 0 unspecified atom stereocenters. The number of urea groups is 1. The van der Waals surface area contributed by atoms with Gasteiger partial charge in [-0.2, -0.15) is 0 Å². The molecule has 41 heavy (non-hydrogen) atoms. The molecule has 2 aromatic rings. The summed E-state index contributed by atoms with van der Waals surface area (Å²) in [6, 6.07) is 6.78. The van der Waals surface area contributed by atoms with Crippen LogP contribution in [0.3, 0.4) is 0 Å². The first-order chi connectivity index (χ1) is 19.3. The van der Waals surface area contributed by atoms with Crippen LogP contribution in [-0.4, -0.2) is 68.5 Å². The predicted octanol–water partition coefficient (Wildman–Crippen LogP) is 4.45. The number of piperazine rings is 2. The average molecular weight is 569 g/mol. The van der Waals surface area contributed by atoms with E-state index in [0.29, 0.717) is 67.7 Å². The number of hydrogen-bond donors (Lipinski definition) is 6. The molecule has 224 valence electrons. The number of nitrogens with one attached hydrogen (secondary N) is 5. The fourth-order valence-electron chi connectivity index (χ4n) is 5.26. The molecule has 2 saturated heterocycles. The Kier molecular flexibility index (Phi) is 8.95. The van der Waals surface area contributed by atoms with Gasteiger partial charge in [0.1, 0.15) is 5.69 Å². The molecule has 0 spiro atoms. The first kappa shape index (κ1) is 30.4. The minimum Gasteiger partial charge on any atom is -0.366 e. The third-order valence-electron chi connectivity index (χ3n) is 7.61. The van der Waals surface area contributed by atoms with Crippen LogP contribution < -0.4 is 36.5 Å². The molecule has 2 aromatic carbocycles.